The van der Waals surface area contributed by atoms with E-state index in [1.165, 1.54) is 11.8 Å². The van der Waals surface area contributed by atoms with Gasteiger partial charge in [0.05, 0.1) is 11.4 Å². The summed E-state index contributed by atoms with van der Waals surface area (Å²) in [5.74, 6) is -0.862. The number of thioether (sulfide) groups is 1. The van der Waals surface area contributed by atoms with Crippen molar-refractivity contribution in [3.05, 3.63) is 58.1 Å². The van der Waals surface area contributed by atoms with Gasteiger partial charge >= 0.3 is 5.97 Å². The van der Waals surface area contributed by atoms with E-state index in [2.05, 4.69) is 4.99 Å². The normalized spacial score (nSPS) is 17.4. The van der Waals surface area contributed by atoms with Crippen molar-refractivity contribution in [2.75, 3.05) is 0 Å². The third-order valence-corrected chi connectivity index (χ3v) is 5.00. The van der Waals surface area contributed by atoms with Gasteiger partial charge in [-0.2, -0.15) is 0 Å². The molecule has 22 heavy (non-hydrogen) atoms. The molecule has 1 aliphatic rings. The van der Waals surface area contributed by atoms with Gasteiger partial charge in [-0.1, -0.05) is 35.3 Å². The van der Waals surface area contributed by atoms with Gasteiger partial charge in [0.25, 0.3) is 0 Å². The van der Waals surface area contributed by atoms with Crippen molar-refractivity contribution in [3.63, 3.8) is 0 Å². The molecule has 1 heterocycles. The topological polar surface area (TPSA) is 49.7 Å². The first kappa shape index (κ1) is 15.4. The number of aliphatic carboxylic acids is 1. The summed E-state index contributed by atoms with van der Waals surface area (Å²) in [5.41, 5.74) is 2.35. The zero-order chi connectivity index (χ0) is 15.7. The molecule has 0 spiro atoms. The summed E-state index contributed by atoms with van der Waals surface area (Å²) in [6.07, 6.45) is 0.341. The maximum Gasteiger partial charge on any atom is 0.317 e. The van der Waals surface area contributed by atoms with Gasteiger partial charge in [0, 0.05) is 21.4 Å². The van der Waals surface area contributed by atoms with E-state index in [4.69, 9.17) is 23.2 Å². The Kier molecular flexibility index (Phi) is 4.43. The zero-order valence-electron chi connectivity index (χ0n) is 11.3. The Labute approximate surface area is 142 Å². The zero-order valence-corrected chi connectivity index (χ0v) is 13.6. The molecule has 1 N–H and O–H groups in total. The summed E-state index contributed by atoms with van der Waals surface area (Å²) in [5, 5.41) is 10.0. The molecule has 6 heteroatoms. The van der Waals surface area contributed by atoms with Crippen LogP contribution in [0, 0.1) is 0 Å². The highest BCUT2D eigenvalue weighted by Gasteiger charge is 2.26. The number of aliphatic imine (C=N–C) groups is 1. The Bertz CT molecular complexity index is 759. The number of carboxylic acid groups (broad SMARTS) is 1. The molecule has 0 aliphatic carbocycles. The molecule has 0 amide bonds. The molecule has 3 nitrogen and oxygen atoms in total. The number of fused-ring (bicyclic) bond motifs is 1. The van der Waals surface area contributed by atoms with Crippen LogP contribution >= 0.6 is 35.0 Å². The molecule has 0 saturated heterocycles. The lowest BCUT2D eigenvalue weighted by atomic mass is 10.1. The second-order valence-electron chi connectivity index (χ2n) is 4.83. The standard InChI is InChI=1S/C16H11Cl2NO2S/c17-10-3-1-9(2-4-10)13-8-15(16(20)21)22-14-7-11(18)5-6-12(14)19-13/h1-7,15H,8H2,(H,20,21)/t15-/m0/s1. The van der Waals surface area contributed by atoms with Gasteiger partial charge in [0.1, 0.15) is 5.25 Å². The summed E-state index contributed by atoms with van der Waals surface area (Å²) in [6, 6.07) is 12.6. The Hall–Kier alpha value is -1.49. The van der Waals surface area contributed by atoms with Crippen LogP contribution in [0.4, 0.5) is 5.69 Å². The Morgan fingerprint density at radius 2 is 1.82 bits per heavy atom. The van der Waals surface area contributed by atoms with Crippen LogP contribution in [0.3, 0.4) is 0 Å². The van der Waals surface area contributed by atoms with Gasteiger partial charge in [-0.05, 0) is 35.9 Å². The van der Waals surface area contributed by atoms with Crippen LogP contribution in [0.25, 0.3) is 0 Å². The van der Waals surface area contributed by atoms with Crippen molar-refractivity contribution >= 4 is 52.3 Å². The van der Waals surface area contributed by atoms with Gasteiger partial charge in [-0.25, -0.2) is 0 Å². The van der Waals surface area contributed by atoms with E-state index in [0.29, 0.717) is 16.5 Å². The van der Waals surface area contributed by atoms with Crippen LogP contribution < -0.4 is 0 Å². The number of carboxylic acids is 1. The fourth-order valence-electron chi connectivity index (χ4n) is 2.20. The largest absolute Gasteiger partial charge is 0.480 e. The number of rotatable bonds is 2. The maximum atomic E-state index is 11.5. The molecule has 0 fully saturated rings. The third kappa shape index (κ3) is 3.29. The molecule has 0 bridgehead atoms. The fourth-order valence-corrected chi connectivity index (χ4v) is 3.64. The number of halogens is 2. The highest BCUT2D eigenvalue weighted by atomic mass is 35.5. The molecule has 2 aromatic carbocycles. The monoisotopic (exact) mass is 351 g/mol. The van der Waals surface area contributed by atoms with Crippen LogP contribution in [0.1, 0.15) is 12.0 Å². The third-order valence-electron chi connectivity index (χ3n) is 3.28. The van der Waals surface area contributed by atoms with E-state index in [0.717, 1.165) is 21.9 Å². The van der Waals surface area contributed by atoms with Crippen molar-refractivity contribution < 1.29 is 9.90 Å². The lowest BCUT2D eigenvalue weighted by molar-refractivity contribution is -0.136. The first-order valence-corrected chi connectivity index (χ1v) is 8.19. The molecule has 112 valence electrons. The summed E-state index contributed by atoms with van der Waals surface area (Å²) in [6.45, 7) is 0. The Morgan fingerprint density at radius 1 is 1.14 bits per heavy atom. The predicted octanol–water partition coefficient (Wildman–Crippen LogP) is 5.06. The SMILES string of the molecule is O=C(O)[C@@H]1CC(c2ccc(Cl)cc2)=Nc2ccc(Cl)cc2S1. The molecule has 0 unspecified atom stereocenters. The van der Waals surface area contributed by atoms with E-state index in [-0.39, 0.29) is 0 Å². The van der Waals surface area contributed by atoms with E-state index in [9.17, 15) is 9.90 Å². The Morgan fingerprint density at radius 3 is 2.50 bits per heavy atom. The van der Waals surface area contributed by atoms with Crippen molar-refractivity contribution in [1.29, 1.82) is 0 Å². The molecule has 0 radical (unpaired) electrons. The summed E-state index contributed by atoms with van der Waals surface area (Å²) in [4.78, 5) is 16.9. The fraction of sp³-hybridized carbons (Fsp3) is 0.125. The number of hydrogen-bond donors (Lipinski definition) is 1. The smallest absolute Gasteiger partial charge is 0.317 e. The first-order chi connectivity index (χ1) is 10.5. The number of hydrogen-bond acceptors (Lipinski definition) is 3. The molecule has 0 saturated carbocycles. The van der Waals surface area contributed by atoms with Gasteiger partial charge in [0.2, 0.25) is 0 Å². The number of nitrogens with zero attached hydrogens (tertiary/aromatic N) is 1. The molecular formula is C16H11Cl2NO2S. The minimum absolute atomic E-state index is 0.341. The van der Waals surface area contributed by atoms with Gasteiger partial charge in [0.15, 0.2) is 0 Å². The van der Waals surface area contributed by atoms with Crippen LogP contribution in [-0.4, -0.2) is 22.0 Å². The average molecular weight is 352 g/mol. The summed E-state index contributed by atoms with van der Waals surface area (Å²) < 4.78 is 0. The van der Waals surface area contributed by atoms with Crippen LogP contribution in [0.5, 0.6) is 0 Å². The number of carbonyl (C=O) groups is 1. The second kappa shape index (κ2) is 6.32. The molecule has 1 atom stereocenters. The van der Waals surface area contributed by atoms with Gasteiger partial charge < -0.3 is 5.11 Å². The summed E-state index contributed by atoms with van der Waals surface area (Å²) in [7, 11) is 0. The van der Waals surface area contributed by atoms with Gasteiger partial charge in [-0.3, -0.25) is 9.79 Å². The second-order valence-corrected chi connectivity index (χ2v) is 6.94. The predicted molar refractivity (Wildman–Crippen MR) is 91.0 cm³/mol. The molecule has 3 rings (SSSR count). The minimum Gasteiger partial charge on any atom is -0.480 e. The van der Waals surface area contributed by atoms with E-state index in [1.54, 1.807) is 24.3 Å². The van der Waals surface area contributed by atoms with Crippen molar-refractivity contribution in [2.45, 2.75) is 16.6 Å². The Balaban J connectivity index is 2.09. The van der Waals surface area contributed by atoms with Crippen molar-refractivity contribution in [3.8, 4) is 0 Å². The molecular weight excluding hydrogens is 341 g/mol. The van der Waals surface area contributed by atoms with Crippen molar-refractivity contribution in [2.24, 2.45) is 4.99 Å². The van der Waals surface area contributed by atoms with Crippen LogP contribution in [0.2, 0.25) is 10.0 Å². The first-order valence-electron chi connectivity index (χ1n) is 6.55. The molecule has 1 aliphatic heterocycles. The maximum absolute atomic E-state index is 11.5. The molecule has 2 aromatic rings. The lowest BCUT2D eigenvalue weighted by Gasteiger charge is -2.10. The van der Waals surface area contributed by atoms with Gasteiger partial charge in [-0.15, -0.1) is 11.8 Å². The van der Waals surface area contributed by atoms with Crippen molar-refractivity contribution in [1.82, 2.24) is 0 Å². The van der Waals surface area contributed by atoms with E-state index in [1.807, 2.05) is 18.2 Å². The van der Waals surface area contributed by atoms with E-state index < -0.39 is 11.2 Å². The summed E-state index contributed by atoms with van der Waals surface area (Å²) >= 11 is 13.2. The van der Waals surface area contributed by atoms with Crippen LogP contribution in [-0.2, 0) is 4.79 Å². The van der Waals surface area contributed by atoms with E-state index >= 15 is 0 Å². The van der Waals surface area contributed by atoms with Crippen LogP contribution in [0.15, 0.2) is 52.4 Å². The highest BCUT2D eigenvalue weighted by molar-refractivity contribution is 8.00. The highest BCUT2D eigenvalue weighted by Crippen LogP contribution is 2.39. The average Bonchev–Trinajstić information content (AvgIpc) is 2.67. The molecule has 0 aromatic heterocycles. The quantitative estimate of drug-likeness (QED) is 0.822. The minimum atomic E-state index is -0.862. The number of benzene rings is 2. The lowest BCUT2D eigenvalue weighted by Crippen LogP contribution is -2.20.